The zero-order valence-corrected chi connectivity index (χ0v) is 10.7. The fourth-order valence-electron chi connectivity index (χ4n) is 1.34. The number of amides is 1. The van der Waals surface area contributed by atoms with Crippen molar-refractivity contribution in [2.75, 3.05) is 11.2 Å². The summed E-state index contributed by atoms with van der Waals surface area (Å²) in [6.45, 7) is 3.71. The molecule has 0 aliphatic heterocycles. The van der Waals surface area contributed by atoms with Crippen LogP contribution in [0.15, 0.2) is 24.3 Å². The maximum atomic E-state index is 11.3. The molecule has 0 aromatic heterocycles. The maximum Gasteiger partial charge on any atom is 0.225 e. The molecule has 0 bridgehead atoms. The lowest BCUT2D eigenvalue weighted by Gasteiger charge is -2.16. The first-order chi connectivity index (χ1) is 7.99. The van der Waals surface area contributed by atoms with Crippen molar-refractivity contribution in [2.24, 2.45) is 0 Å². The second-order valence-corrected chi connectivity index (χ2v) is 4.68. The highest BCUT2D eigenvalue weighted by atomic mass is 35.5. The minimum absolute atomic E-state index is 0.104. The Hall–Kier alpha value is -1.53. The minimum atomic E-state index is -0.515. The van der Waals surface area contributed by atoms with Gasteiger partial charge in [0.15, 0.2) is 0 Å². The molecule has 17 heavy (non-hydrogen) atoms. The molecule has 0 fully saturated rings. The monoisotopic (exact) mass is 250 g/mol. The molecule has 1 N–H and O–H groups in total. The summed E-state index contributed by atoms with van der Waals surface area (Å²) in [7, 11) is 0. The van der Waals surface area contributed by atoms with E-state index in [4.69, 9.17) is 16.9 Å². The summed E-state index contributed by atoms with van der Waals surface area (Å²) in [5, 5.41) is 11.7. The molecule has 0 radical (unpaired) electrons. The Morgan fingerprint density at radius 3 is 2.47 bits per heavy atom. The lowest BCUT2D eigenvalue weighted by atomic mass is 9.86. The molecule has 0 saturated heterocycles. The van der Waals surface area contributed by atoms with Crippen molar-refractivity contribution in [1.29, 1.82) is 5.26 Å². The fourth-order valence-corrected chi connectivity index (χ4v) is 1.52. The van der Waals surface area contributed by atoms with Crippen LogP contribution in [0.25, 0.3) is 0 Å². The van der Waals surface area contributed by atoms with Crippen LogP contribution in [-0.4, -0.2) is 11.8 Å². The third kappa shape index (κ3) is 3.76. The van der Waals surface area contributed by atoms with Gasteiger partial charge in [-0.3, -0.25) is 4.79 Å². The molecule has 4 heteroatoms. The van der Waals surface area contributed by atoms with Gasteiger partial charge in [0, 0.05) is 18.0 Å². The van der Waals surface area contributed by atoms with Crippen molar-refractivity contribution in [3.63, 3.8) is 0 Å². The van der Waals surface area contributed by atoms with Crippen molar-refractivity contribution in [1.82, 2.24) is 0 Å². The Labute approximate surface area is 106 Å². The van der Waals surface area contributed by atoms with Gasteiger partial charge in [0.2, 0.25) is 5.91 Å². The number of benzene rings is 1. The molecule has 1 amide bonds. The molecule has 0 atom stereocenters. The quantitative estimate of drug-likeness (QED) is 0.835. The third-order valence-electron chi connectivity index (χ3n) is 2.49. The van der Waals surface area contributed by atoms with Gasteiger partial charge in [-0.25, -0.2) is 0 Å². The number of carbonyl (C=O) groups excluding carboxylic acids is 1. The Kier molecular flexibility index (Phi) is 4.53. The van der Waals surface area contributed by atoms with Crippen LogP contribution >= 0.6 is 11.6 Å². The molecule has 0 aliphatic carbocycles. The third-order valence-corrected chi connectivity index (χ3v) is 2.68. The molecule has 0 unspecified atom stereocenters. The number of anilines is 1. The normalized spacial score (nSPS) is 10.7. The van der Waals surface area contributed by atoms with Gasteiger partial charge in [0.25, 0.3) is 0 Å². The van der Waals surface area contributed by atoms with Crippen molar-refractivity contribution >= 4 is 23.2 Å². The number of nitriles is 1. The number of halogens is 1. The van der Waals surface area contributed by atoms with E-state index < -0.39 is 5.41 Å². The van der Waals surface area contributed by atoms with E-state index in [0.717, 1.165) is 11.3 Å². The average molecular weight is 251 g/mol. The molecule has 1 aromatic rings. The molecule has 1 rings (SSSR count). The van der Waals surface area contributed by atoms with Crippen LogP contribution in [0.2, 0.25) is 0 Å². The number of alkyl halides is 1. The summed E-state index contributed by atoms with van der Waals surface area (Å²) >= 11 is 5.47. The van der Waals surface area contributed by atoms with Crippen molar-refractivity contribution in [2.45, 2.75) is 25.7 Å². The van der Waals surface area contributed by atoms with Crippen LogP contribution in [-0.2, 0) is 10.2 Å². The number of carbonyl (C=O) groups is 1. The van der Waals surface area contributed by atoms with Gasteiger partial charge in [-0.2, -0.15) is 5.26 Å². The Morgan fingerprint density at radius 1 is 1.41 bits per heavy atom. The zero-order chi connectivity index (χ0) is 12.9. The molecular weight excluding hydrogens is 236 g/mol. The van der Waals surface area contributed by atoms with E-state index in [1.807, 2.05) is 26.0 Å². The van der Waals surface area contributed by atoms with E-state index in [0.29, 0.717) is 12.3 Å². The smallest absolute Gasteiger partial charge is 0.225 e. The Balaban J connectivity index is 2.76. The first-order valence-corrected chi connectivity index (χ1v) is 5.90. The van der Waals surface area contributed by atoms with Gasteiger partial charge in [-0.05, 0) is 31.5 Å². The van der Waals surface area contributed by atoms with Gasteiger partial charge in [0.1, 0.15) is 0 Å². The molecule has 90 valence electrons. The fraction of sp³-hybridized carbons (Fsp3) is 0.385. The highest BCUT2D eigenvalue weighted by Crippen LogP contribution is 2.23. The van der Waals surface area contributed by atoms with Crippen LogP contribution in [0.5, 0.6) is 0 Å². The predicted octanol–water partition coefficient (Wildman–Crippen LogP) is 3.06. The predicted molar refractivity (Wildman–Crippen MR) is 69.0 cm³/mol. The van der Waals surface area contributed by atoms with E-state index in [-0.39, 0.29) is 5.91 Å². The maximum absolute atomic E-state index is 11.3. The first-order valence-electron chi connectivity index (χ1n) is 5.37. The van der Waals surface area contributed by atoms with E-state index in [2.05, 4.69) is 11.4 Å². The largest absolute Gasteiger partial charge is 0.326 e. The zero-order valence-electron chi connectivity index (χ0n) is 9.96. The number of nitrogens with one attached hydrogen (secondary N) is 1. The van der Waals surface area contributed by atoms with E-state index >= 15 is 0 Å². The summed E-state index contributed by atoms with van der Waals surface area (Å²) in [6.07, 6.45) is 0.299. The SMILES string of the molecule is CC(C)(C#N)c1ccc(NC(=O)CCCl)cc1. The molecule has 1 aromatic carbocycles. The lowest BCUT2D eigenvalue weighted by Crippen LogP contribution is -2.15. The van der Waals surface area contributed by atoms with Crippen LogP contribution < -0.4 is 5.32 Å². The van der Waals surface area contributed by atoms with Crippen LogP contribution in [0, 0.1) is 11.3 Å². The summed E-state index contributed by atoms with van der Waals surface area (Å²) in [6, 6.07) is 9.51. The highest BCUT2D eigenvalue weighted by molar-refractivity contribution is 6.19. The van der Waals surface area contributed by atoms with Gasteiger partial charge >= 0.3 is 0 Å². The van der Waals surface area contributed by atoms with Crippen molar-refractivity contribution in [3.05, 3.63) is 29.8 Å². The van der Waals surface area contributed by atoms with Crippen molar-refractivity contribution < 1.29 is 4.79 Å². The minimum Gasteiger partial charge on any atom is -0.326 e. The molecule has 0 spiro atoms. The standard InChI is InChI=1S/C13H15ClN2O/c1-13(2,9-15)10-3-5-11(6-4-10)16-12(17)7-8-14/h3-6H,7-8H2,1-2H3,(H,16,17). The Bertz CT molecular complexity index is 432. The topological polar surface area (TPSA) is 52.9 Å². The van der Waals surface area contributed by atoms with Gasteiger partial charge in [0.05, 0.1) is 11.5 Å². The van der Waals surface area contributed by atoms with Crippen LogP contribution in [0.1, 0.15) is 25.8 Å². The summed E-state index contributed by atoms with van der Waals surface area (Å²) < 4.78 is 0. The molecule has 3 nitrogen and oxygen atoms in total. The summed E-state index contributed by atoms with van der Waals surface area (Å²) in [5.74, 6) is 0.207. The number of hydrogen-bond donors (Lipinski definition) is 1. The second kappa shape index (κ2) is 5.70. The molecule has 0 heterocycles. The summed E-state index contributed by atoms with van der Waals surface area (Å²) in [5.41, 5.74) is 1.13. The second-order valence-electron chi connectivity index (χ2n) is 4.30. The highest BCUT2D eigenvalue weighted by Gasteiger charge is 2.19. The van der Waals surface area contributed by atoms with Gasteiger partial charge in [-0.15, -0.1) is 11.6 Å². The molecule has 0 saturated carbocycles. The van der Waals surface area contributed by atoms with Crippen LogP contribution in [0.3, 0.4) is 0 Å². The van der Waals surface area contributed by atoms with Crippen molar-refractivity contribution in [3.8, 4) is 6.07 Å². The Morgan fingerprint density at radius 2 is 2.00 bits per heavy atom. The van der Waals surface area contributed by atoms with E-state index in [9.17, 15) is 4.79 Å². The molecule has 0 aliphatic rings. The number of nitrogens with zero attached hydrogens (tertiary/aromatic N) is 1. The number of rotatable bonds is 4. The average Bonchev–Trinajstić information content (AvgIpc) is 2.30. The number of hydrogen-bond acceptors (Lipinski definition) is 2. The van der Waals surface area contributed by atoms with Crippen LogP contribution in [0.4, 0.5) is 5.69 Å². The van der Waals surface area contributed by atoms with E-state index in [1.165, 1.54) is 0 Å². The lowest BCUT2D eigenvalue weighted by molar-refractivity contribution is -0.115. The van der Waals surface area contributed by atoms with E-state index in [1.54, 1.807) is 12.1 Å². The first kappa shape index (κ1) is 13.5. The van der Waals surface area contributed by atoms with Gasteiger partial charge < -0.3 is 5.32 Å². The molecular formula is C13H15ClN2O. The van der Waals surface area contributed by atoms with Gasteiger partial charge in [-0.1, -0.05) is 12.1 Å². The summed E-state index contributed by atoms with van der Waals surface area (Å²) in [4.78, 5) is 11.3.